The molecule has 2 heterocycles. The van der Waals surface area contributed by atoms with Gasteiger partial charge < -0.3 is 29.0 Å². The van der Waals surface area contributed by atoms with Crippen molar-refractivity contribution < 1.29 is 29.0 Å². The van der Waals surface area contributed by atoms with Crippen molar-refractivity contribution in [3.63, 3.8) is 0 Å². The van der Waals surface area contributed by atoms with Crippen molar-refractivity contribution in [2.75, 3.05) is 0 Å². The Morgan fingerprint density at radius 3 is 1.48 bits per heavy atom. The molecule has 0 saturated heterocycles. The van der Waals surface area contributed by atoms with Gasteiger partial charge in [-0.05, 0) is 68.2 Å². The molecule has 8 heteroatoms. The molecule has 3 N–H and O–H groups in total. The summed E-state index contributed by atoms with van der Waals surface area (Å²) in [5.41, 5.74) is 6.50. The number of aromatic hydroxyl groups is 3. The quantitative estimate of drug-likeness (QED) is 0.187. The minimum atomic E-state index is 0.0947. The molecule has 1 aliphatic rings. The Hall–Kier alpha value is -5.14. The molecule has 6 aromatic rings. The topological polar surface area (TPSA) is 109 Å². The fraction of sp³-hybridized carbons (Fsp3) is 0.139. The molecule has 7 rings (SSSR count). The summed E-state index contributed by atoms with van der Waals surface area (Å²) in [5, 5.41) is 38.2. The van der Waals surface area contributed by atoms with Crippen LogP contribution in [0, 0.1) is 0 Å². The Morgan fingerprint density at radius 2 is 1.05 bits per heavy atom. The van der Waals surface area contributed by atoms with Crippen LogP contribution in [0.1, 0.15) is 50.3 Å². The standard InChI is InChI=1S/C36H28ClNO6/c37-32-14-13-31(43-32)30-19-29(44-38-30)20-42-36-27-11-4-12-28(36)18-26-10-3-8-24(35(26)41)16-22-6-1-5-21(33(22)39)15-23-7-2-9-25(17-27)34(23)40/h1-14,19,39-41H,15-18,20H2. The van der Waals surface area contributed by atoms with E-state index in [1.807, 2.05) is 72.8 Å². The maximum atomic E-state index is 11.4. The number of rotatable bonds is 4. The average Bonchev–Trinajstić information content (AvgIpc) is 3.67. The van der Waals surface area contributed by atoms with E-state index in [4.69, 9.17) is 25.3 Å². The van der Waals surface area contributed by atoms with Gasteiger partial charge in [-0.3, -0.25) is 0 Å². The van der Waals surface area contributed by atoms with E-state index in [9.17, 15) is 15.3 Å². The molecule has 0 saturated carbocycles. The Bertz CT molecular complexity index is 1900. The van der Waals surface area contributed by atoms with E-state index in [0.717, 1.165) is 22.3 Å². The van der Waals surface area contributed by atoms with Crippen molar-refractivity contribution in [3.8, 4) is 34.5 Å². The van der Waals surface area contributed by atoms with Crippen LogP contribution in [0.25, 0.3) is 11.5 Å². The van der Waals surface area contributed by atoms with Crippen LogP contribution >= 0.6 is 11.6 Å². The predicted molar refractivity (Wildman–Crippen MR) is 166 cm³/mol. The van der Waals surface area contributed by atoms with Crippen molar-refractivity contribution in [2.45, 2.75) is 32.3 Å². The van der Waals surface area contributed by atoms with Crippen LogP contribution < -0.4 is 4.74 Å². The van der Waals surface area contributed by atoms with Gasteiger partial charge in [0.25, 0.3) is 0 Å². The number of nitrogens with zero attached hydrogens (tertiary/aromatic N) is 1. The lowest BCUT2D eigenvalue weighted by Crippen LogP contribution is -2.05. The highest BCUT2D eigenvalue weighted by Gasteiger charge is 2.20. The maximum Gasteiger partial charge on any atom is 0.194 e. The van der Waals surface area contributed by atoms with Gasteiger partial charge in [0.1, 0.15) is 35.3 Å². The highest BCUT2D eigenvalue weighted by atomic mass is 35.5. The molecule has 44 heavy (non-hydrogen) atoms. The average molecular weight is 606 g/mol. The van der Waals surface area contributed by atoms with Crippen LogP contribution in [0.5, 0.6) is 23.0 Å². The van der Waals surface area contributed by atoms with E-state index in [2.05, 4.69) is 5.16 Å². The number of hydrogen-bond acceptors (Lipinski definition) is 7. The number of benzene rings is 4. The van der Waals surface area contributed by atoms with Gasteiger partial charge in [0.15, 0.2) is 16.7 Å². The van der Waals surface area contributed by atoms with Gasteiger partial charge in [0.2, 0.25) is 0 Å². The molecule has 7 nitrogen and oxygen atoms in total. The Balaban J connectivity index is 1.30. The number of phenols is 3. The third-order valence-corrected chi connectivity index (χ3v) is 8.26. The second-order valence-corrected chi connectivity index (χ2v) is 11.3. The van der Waals surface area contributed by atoms with Crippen molar-refractivity contribution in [2.24, 2.45) is 0 Å². The fourth-order valence-corrected chi connectivity index (χ4v) is 5.95. The largest absolute Gasteiger partial charge is 0.507 e. The highest BCUT2D eigenvalue weighted by Crippen LogP contribution is 2.38. The van der Waals surface area contributed by atoms with E-state index in [0.29, 0.717) is 70.9 Å². The summed E-state index contributed by atoms with van der Waals surface area (Å²) in [6.07, 6.45) is 1.49. The Kier molecular flexibility index (Phi) is 7.24. The van der Waals surface area contributed by atoms with Crippen LogP contribution in [0.15, 0.2) is 99.9 Å². The smallest absolute Gasteiger partial charge is 0.194 e. The SMILES string of the molecule is Oc1c2cccc1Cc1cccc(c1O)Cc1cccc(c1OCc1cc(-c3ccc(Cl)o3)no1)Cc1cccc(c1O)C2. The third-order valence-electron chi connectivity index (χ3n) is 8.05. The molecule has 220 valence electrons. The van der Waals surface area contributed by atoms with E-state index >= 15 is 0 Å². The Labute approximate surface area is 258 Å². The number of para-hydroxylation sites is 4. The number of halogens is 1. The summed E-state index contributed by atoms with van der Waals surface area (Å²) in [5.74, 6) is 2.15. The minimum absolute atomic E-state index is 0.0947. The minimum Gasteiger partial charge on any atom is -0.507 e. The number of hydrogen-bond donors (Lipinski definition) is 3. The third kappa shape index (κ3) is 5.38. The number of phenolic OH excluding ortho intramolecular Hbond substituents is 3. The van der Waals surface area contributed by atoms with Crippen molar-refractivity contribution in [1.29, 1.82) is 0 Å². The van der Waals surface area contributed by atoms with Gasteiger partial charge in [-0.2, -0.15) is 0 Å². The monoisotopic (exact) mass is 605 g/mol. The van der Waals surface area contributed by atoms with Crippen LogP contribution in [-0.4, -0.2) is 20.5 Å². The summed E-state index contributed by atoms with van der Waals surface area (Å²) in [6.45, 7) is 0.0947. The fourth-order valence-electron chi connectivity index (χ4n) is 5.80. The molecule has 0 unspecified atom stereocenters. The second kappa shape index (κ2) is 11.5. The van der Waals surface area contributed by atoms with E-state index in [1.54, 1.807) is 18.2 Å². The summed E-state index contributed by atoms with van der Waals surface area (Å²) in [7, 11) is 0. The normalized spacial score (nSPS) is 12.7. The highest BCUT2D eigenvalue weighted by molar-refractivity contribution is 6.28. The first-order valence-electron chi connectivity index (χ1n) is 14.3. The molecular weight excluding hydrogens is 578 g/mol. The summed E-state index contributed by atoms with van der Waals surface area (Å²) in [4.78, 5) is 0. The lowest BCUT2D eigenvalue weighted by atomic mass is 9.91. The first-order chi connectivity index (χ1) is 21.4. The van der Waals surface area contributed by atoms with E-state index in [-0.39, 0.29) is 29.1 Å². The molecule has 0 atom stereocenters. The predicted octanol–water partition coefficient (Wildman–Crippen LogP) is 7.96. The zero-order valence-corrected chi connectivity index (χ0v) is 24.3. The van der Waals surface area contributed by atoms with Gasteiger partial charge in [-0.1, -0.05) is 78.0 Å². The molecule has 1 aliphatic carbocycles. The molecular formula is C36H28ClNO6. The molecule has 4 aromatic carbocycles. The first-order valence-corrected chi connectivity index (χ1v) is 14.6. The Morgan fingerprint density at radius 1 is 0.614 bits per heavy atom. The molecule has 0 radical (unpaired) electrons. The number of aromatic nitrogens is 1. The van der Waals surface area contributed by atoms with Crippen LogP contribution in [0.3, 0.4) is 0 Å². The zero-order valence-electron chi connectivity index (χ0n) is 23.6. The maximum absolute atomic E-state index is 11.4. The molecule has 2 aromatic heterocycles. The van der Waals surface area contributed by atoms with Gasteiger partial charge in [-0.15, -0.1) is 0 Å². The molecule has 0 fully saturated rings. The second-order valence-electron chi connectivity index (χ2n) is 11.0. The van der Waals surface area contributed by atoms with Gasteiger partial charge in [0.05, 0.1) is 0 Å². The lowest BCUT2D eigenvalue weighted by Gasteiger charge is -2.19. The van der Waals surface area contributed by atoms with Crippen LogP contribution in [0.2, 0.25) is 5.22 Å². The lowest BCUT2D eigenvalue weighted by molar-refractivity contribution is 0.246. The first kappa shape index (κ1) is 27.7. The number of ether oxygens (including phenoxy) is 1. The van der Waals surface area contributed by atoms with Crippen LogP contribution in [-0.2, 0) is 32.3 Å². The van der Waals surface area contributed by atoms with Gasteiger partial charge in [0, 0.05) is 31.7 Å². The van der Waals surface area contributed by atoms with E-state index in [1.165, 1.54) is 0 Å². The van der Waals surface area contributed by atoms with E-state index < -0.39 is 0 Å². The molecule has 8 bridgehead atoms. The summed E-state index contributed by atoms with van der Waals surface area (Å²) < 4.78 is 17.4. The van der Waals surface area contributed by atoms with Crippen molar-refractivity contribution >= 4 is 11.6 Å². The molecule has 0 aliphatic heterocycles. The van der Waals surface area contributed by atoms with Gasteiger partial charge >= 0.3 is 0 Å². The molecule has 0 amide bonds. The number of furan rings is 1. The summed E-state index contributed by atoms with van der Waals surface area (Å²) >= 11 is 5.92. The zero-order chi connectivity index (χ0) is 30.2. The van der Waals surface area contributed by atoms with Crippen molar-refractivity contribution in [3.05, 3.63) is 146 Å². The number of fused-ring (bicyclic) bond motifs is 8. The van der Waals surface area contributed by atoms with Crippen molar-refractivity contribution in [1.82, 2.24) is 5.16 Å². The van der Waals surface area contributed by atoms with Gasteiger partial charge in [-0.25, -0.2) is 0 Å². The summed E-state index contributed by atoms with van der Waals surface area (Å²) in [6, 6.07) is 27.9. The van der Waals surface area contributed by atoms with Crippen LogP contribution in [0.4, 0.5) is 0 Å². The molecule has 0 spiro atoms.